The summed E-state index contributed by atoms with van der Waals surface area (Å²) >= 11 is 0. The van der Waals surface area contributed by atoms with Gasteiger partial charge in [-0.1, -0.05) is 6.92 Å². The minimum absolute atomic E-state index is 0.0396. The molecule has 110 valence electrons. The summed E-state index contributed by atoms with van der Waals surface area (Å²) in [6.45, 7) is 3.12. The zero-order valence-corrected chi connectivity index (χ0v) is 12.0. The first-order chi connectivity index (χ1) is 9.65. The highest BCUT2D eigenvalue weighted by Gasteiger charge is 2.32. The van der Waals surface area contributed by atoms with E-state index < -0.39 is 0 Å². The van der Waals surface area contributed by atoms with Crippen LogP contribution in [0.4, 0.5) is 5.69 Å². The number of nitrogens with two attached hydrogens (primary N) is 1. The van der Waals surface area contributed by atoms with Crippen LogP contribution in [0.15, 0.2) is 18.2 Å². The molecule has 0 aliphatic carbocycles. The number of benzene rings is 1. The Kier molecular flexibility index (Phi) is 4.84. The molecule has 1 fully saturated rings. The van der Waals surface area contributed by atoms with E-state index >= 15 is 0 Å². The first kappa shape index (κ1) is 14.7. The summed E-state index contributed by atoms with van der Waals surface area (Å²) in [5.74, 6) is 0.722. The molecule has 1 aliphatic rings. The third-order valence-corrected chi connectivity index (χ3v) is 3.71. The molecule has 1 amide bonds. The molecule has 5 heteroatoms. The first-order valence-electron chi connectivity index (χ1n) is 6.97. The number of rotatable bonds is 5. The maximum Gasteiger partial charge on any atom is 0.226 e. The molecule has 1 aromatic rings. The van der Waals surface area contributed by atoms with Gasteiger partial charge in [0, 0.05) is 24.4 Å². The molecule has 5 nitrogen and oxygen atoms in total. The molecule has 2 unspecified atom stereocenters. The molecule has 1 heterocycles. The fourth-order valence-electron chi connectivity index (χ4n) is 2.60. The number of amides is 1. The Hall–Kier alpha value is -1.75. The third-order valence-electron chi connectivity index (χ3n) is 3.71. The van der Waals surface area contributed by atoms with Crippen LogP contribution in [-0.2, 0) is 16.1 Å². The van der Waals surface area contributed by atoms with Gasteiger partial charge in [0.05, 0.1) is 19.1 Å². The van der Waals surface area contributed by atoms with Gasteiger partial charge in [-0.25, -0.2) is 0 Å². The fourth-order valence-corrected chi connectivity index (χ4v) is 2.60. The van der Waals surface area contributed by atoms with E-state index in [1.54, 1.807) is 13.2 Å². The molecule has 1 saturated heterocycles. The molecule has 2 atom stereocenters. The molecule has 0 aromatic heterocycles. The Morgan fingerprint density at radius 2 is 2.35 bits per heavy atom. The van der Waals surface area contributed by atoms with Crippen molar-refractivity contribution in [3.05, 3.63) is 23.8 Å². The summed E-state index contributed by atoms with van der Waals surface area (Å²) in [5.41, 5.74) is 7.31. The molecule has 1 aliphatic heterocycles. The fraction of sp³-hybridized carbons (Fsp3) is 0.533. The van der Waals surface area contributed by atoms with E-state index in [9.17, 15) is 4.79 Å². The Bertz CT molecular complexity index is 476. The number of carbonyl (C=O) groups is 1. The van der Waals surface area contributed by atoms with Gasteiger partial charge in [-0.15, -0.1) is 0 Å². The molecule has 0 spiro atoms. The number of anilines is 1. The Morgan fingerprint density at radius 3 is 3.05 bits per heavy atom. The molecule has 20 heavy (non-hydrogen) atoms. The van der Waals surface area contributed by atoms with Gasteiger partial charge in [0.2, 0.25) is 5.91 Å². The van der Waals surface area contributed by atoms with Gasteiger partial charge < -0.3 is 20.5 Å². The van der Waals surface area contributed by atoms with Gasteiger partial charge in [-0.3, -0.25) is 4.79 Å². The third kappa shape index (κ3) is 3.22. The van der Waals surface area contributed by atoms with Crippen LogP contribution in [0.25, 0.3) is 0 Å². The van der Waals surface area contributed by atoms with Crippen molar-refractivity contribution in [1.29, 1.82) is 0 Å². The molecule has 0 radical (unpaired) electrons. The minimum atomic E-state index is -0.0490. The van der Waals surface area contributed by atoms with E-state index in [2.05, 4.69) is 5.32 Å². The smallest absolute Gasteiger partial charge is 0.226 e. The topological polar surface area (TPSA) is 73.6 Å². The van der Waals surface area contributed by atoms with Crippen LogP contribution in [0, 0.1) is 5.92 Å². The maximum atomic E-state index is 12.2. The quantitative estimate of drug-likeness (QED) is 0.804. The van der Waals surface area contributed by atoms with Crippen LogP contribution in [0.2, 0.25) is 0 Å². The SMILES string of the molecule is CCC1OCCC1C(=O)NCc1cc(N)ccc1OC. The second-order valence-electron chi connectivity index (χ2n) is 5.00. The normalized spacial score (nSPS) is 21.7. The Balaban J connectivity index is 1.98. The van der Waals surface area contributed by atoms with Crippen molar-refractivity contribution in [2.45, 2.75) is 32.4 Å². The molecule has 2 rings (SSSR count). The Morgan fingerprint density at radius 1 is 1.55 bits per heavy atom. The van der Waals surface area contributed by atoms with Crippen molar-refractivity contribution in [3.63, 3.8) is 0 Å². The van der Waals surface area contributed by atoms with Crippen molar-refractivity contribution in [2.24, 2.45) is 5.92 Å². The lowest BCUT2D eigenvalue weighted by Gasteiger charge is -2.17. The second-order valence-corrected chi connectivity index (χ2v) is 5.00. The highest BCUT2D eigenvalue weighted by Crippen LogP contribution is 2.24. The first-order valence-corrected chi connectivity index (χ1v) is 6.97. The van der Waals surface area contributed by atoms with E-state index in [1.165, 1.54) is 0 Å². The summed E-state index contributed by atoms with van der Waals surface area (Å²) in [7, 11) is 1.61. The van der Waals surface area contributed by atoms with Crippen LogP contribution in [0.3, 0.4) is 0 Å². The van der Waals surface area contributed by atoms with Gasteiger partial charge in [0.1, 0.15) is 5.75 Å². The number of carbonyl (C=O) groups excluding carboxylic acids is 1. The van der Waals surface area contributed by atoms with Gasteiger partial charge in [-0.05, 0) is 31.0 Å². The summed E-state index contributed by atoms with van der Waals surface area (Å²) in [6.07, 6.45) is 1.69. The van der Waals surface area contributed by atoms with E-state index in [-0.39, 0.29) is 17.9 Å². The standard InChI is InChI=1S/C15H22N2O3/c1-3-13-12(6-7-20-13)15(18)17-9-10-8-11(16)4-5-14(10)19-2/h4-5,8,12-13H,3,6-7,9,16H2,1-2H3,(H,17,18). The number of ether oxygens (including phenoxy) is 2. The highest BCUT2D eigenvalue weighted by molar-refractivity contribution is 5.79. The Labute approximate surface area is 119 Å². The lowest BCUT2D eigenvalue weighted by Crippen LogP contribution is -2.34. The zero-order valence-electron chi connectivity index (χ0n) is 12.0. The van der Waals surface area contributed by atoms with Crippen molar-refractivity contribution in [2.75, 3.05) is 19.5 Å². The van der Waals surface area contributed by atoms with Crippen molar-refractivity contribution >= 4 is 11.6 Å². The monoisotopic (exact) mass is 278 g/mol. The van der Waals surface area contributed by atoms with Crippen LogP contribution in [0.1, 0.15) is 25.3 Å². The zero-order chi connectivity index (χ0) is 14.5. The lowest BCUT2D eigenvalue weighted by atomic mass is 9.98. The van der Waals surface area contributed by atoms with Crippen molar-refractivity contribution in [3.8, 4) is 5.75 Å². The van der Waals surface area contributed by atoms with Gasteiger partial charge >= 0.3 is 0 Å². The molecule has 1 aromatic carbocycles. The molecule has 0 saturated carbocycles. The summed E-state index contributed by atoms with van der Waals surface area (Å²) in [4.78, 5) is 12.2. The van der Waals surface area contributed by atoms with Gasteiger partial charge in [0.25, 0.3) is 0 Å². The predicted octanol–water partition coefficient (Wildman–Crippen LogP) is 1.71. The highest BCUT2D eigenvalue weighted by atomic mass is 16.5. The molecule has 0 bridgehead atoms. The van der Waals surface area contributed by atoms with Crippen LogP contribution < -0.4 is 15.8 Å². The lowest BCUT2D eigenvalue weighted by molar-refractivity contribution is -0.126. The largest absolute Gasteiger partial charge is 0.496 e. The molecular weight excluding hydrogens is 256 g/mol. The average molecular weight is 278 g/mol. The van der Waals surface area contributed by atoms with Crippen molar-refractivity contribution < 1.29 is 14.3 Å². The van der Waals surface area contributed by atoms with Crippen LogP contribution in [-0.4, -0.2) is 25.7 Å². The number of hydrogen-bond donors (Lipinski definition) is 2. The van der Waals surface area contributed by atoms with E-state index in [1.807, 2.05) is 19.1 Å². The van der Waals surface area contributed by atoms with Crippen LogP contribution in [0.5, 0.6) is 5.75 Å². The van der Waals surface area contributed by atoms with E-state index in [0.29, 0.717) is 18.8 Å². The number of nitrogens with one attached hydrogen (secondary N) is 1. The summed E-state index contributed by atoms with van der Waals surface area (Å²) in [6, 6.07) is 5.41. The van der Waals surface area contributed by atoms with Crippen LogP contribution >= 0.6 is 0 Å². The van der Waals surface area contributed by atoms with Gasteiger partial charge in [-0.2, -0.15) is 0 Å². The molecular formula is C15H22N2O3. The predicted molar refractivity (Wildman–Crippen MR) is 77.4 cm³/mol. The van der Waals surface area contributed by atoms with Crippen molar-refractivity contribution in [1.82, 2.24) is 5.32 Å². The summed E-state index contributed by atoms with van der Waals surface area (Å²) in [5, 5.41) is 2.95. The number of hydrogen-bond acceptors (Lipinski definition) is 4. The molecule has 3 N–H and O–H groups in total. The number of nitrogen functional groups attached to an aromatic ring is 1. The second kappa shape index (κ2) is 6.61. The van der Waals surface area contributed by atoms with Gasteiger partial charge in [0.15, 0.2) is 0 Å². The number of methoxy groups -OCH3 is 1. The maximum absolute atomic E-state index is 12.2. The summed E-state index contributed by atoms with van der Waals surface area (Å²) < 4.78 is 10.8. The minimum Gasteiger partial charge on any atom is -0.496 e. The average Bonchev–Trinajstić information content (AvgIpc) is 2.93. The van der Waals surface area contributed by atoms with E-state index in [4.69, 9.17) is 15.2 Å². The van der Waals surface area contributed by atoms with E-state index in [0.717, 1.165) is 24.2 Å².